The Labute approximate surface area is 175 Å². The third kappa shape index (κ3) is 3.32. The van der Waals surface area contributed by atoms with Gasteiger partial charge in [0.25, 0.3) is 0 Å². The number of methoxy groups -OCH3 is 1. The number of carbonyl (C=O) groups excluding carboxylic acids is 1. The summed E-state index contributed by atoms with van der Waals surface area (Å²) in [7, 11) is 1.67. The van der Waals surface area contributed by atoms with Gasteiger partial charge in [-0.1, -0.05) is 24.3 Å². The highest BCUT2D eigenvalue weighted by molar-refractivity contribution is 6.01. The molecule has 0 bridgehead atoms. The second kappa shape index (κ2) is 7.67. The minimum Gasteiger partial charge on any atom is -0.497 e. The average Bonchev–Trinajstić information content (AvgIpc) is 2.96. The minimum atomic E-state index is -0.210. The van der Waals surface area contributed by atoms with Crippen molar-refractivity contribution in [2.75, 3.05) is 17.7 Å². The lowest BCUT2D eigenvalue weighted by Crippen LogP contribution is -2.26. The highest BCUT2D eigenvalue weighted by atomic mass is 16.5. The molecule has 1 aliphatic heterocycles. The van der Waals surface area contributed by atoms with Crippen LogP contribution in [0.5, 0.6) is 5.75 Å². The predicted octanol–water partition coefficient (Wildman–Crippen LogP) is 5.07. The number of Topliss-reactive ketones (excluding diaryl/α,β-unsaturated/α-hetero) is 1. The number of para-hydroxylation sites is 2. The number of rotatable bonds is 3. The van der Waals surface area contributed by atoms with Crippen molar-refractivity contribution in [2.45, 2.75) is 24.8 Å². The number of hydrogen-bond acceptors (Lipinski definition) is 5. The van der Waals surface area contributed by atoms with Crippen LogP contribution in [0.15, 0.2) is 84.3 Å². The maximum Gasteiger partial charge on any atom is 0.163 e. The summed E-state index contributed by atoms with van der Waals surface area (Å²) in [6.45, 7) is 0. The van der Waals surface area contributed by atoms with Gasteiger partial charge in [0.05, 0.1) is 24.5 Å². The van der Waals surface area contributed by atoms with Crippen molar-refractivity contribution in [3.8, 4) is 5.75 Å². The Morgan fingerprint density at radius 1 is 0.933 bits per heavy atom. The van der Waals surface area contributed by atoms with Gasteiger partial charge in [-0.15, -0.1) is 0 Å². The van der Waals surface area contributed by atoms with Crippen LogP contribution in [0.3, 0.4) is 0 Å². The number of ether oxygens (including phenoxy) is 1. The van der Waals surface area contributed by atoms with Gasteiger partial charge in [-0.3, -0.25) is 9.78 Å². The number of aromatic nitrogens is 1. The summed E-state index contributed by atoms with van der Waals surface area (Å²) in [5.41, 5.74) is 5.93. The van der Waals surface area contributed by atoms with Crippen molar-refractivity contribution in [1.29, 1.82) is 0 Å². The van der Waals surface area contributed by atoms with Crippen LogP contribution >= 0.6 is 0 Å². The molecular weight excluding hydrogens is 374 g/mol. The highest BCUT2D eigenvalue weighted by Crippen LogP contribution is 2.44. The van der Waals surface area contributed by atoms with E-state index < -0.39 is 0 Å². The van der Waals surface area contributed by atoms with Crippen LogP contribution < -0.4 is 15.4 Å². The highest BCUT2D eigenvalue weighted by Gasteiger charge is 2.36. The Kier molecular flexibility index (Phi) is 4.71. The van der Waals surface area contributed by atoms with Crippen molar-refractivity contribution >= 4 is 17.2 Å². The van der Waals surface area contributed by atoms with Crippen molar-refractivity contribution in [2.24, 2.45) is 0 Å². The van der Waals surface area contributed by atoms with E-state index in [1.54, 1.807) is 19.5 Å². The van der Waals surface area contributed by atoms with Gasteiger partial charge in [-0.25, -0.2) is 0 Å². The summed E-state index contributed by atoms with van der Waals surface area (Å²) < 4.78 is 5.39. The van der Waals surface area contributed by atoms with E-state index in [1.165, 1.54) is 0 Å². The fourth-order valence-corrected chi connectivity index (χ4v) is 4.43. The summed E-state index contributed by atoms with van der Waals surface area (Å²) >= 11 is 0. The molecule has 5 heteroatoms. The smallest absolute Gasteiger partial charge is 0.163 e. The third-order valence-electron chi connectivity index (χ3n) is 5.91. The fourth-order valence-electron chi connectivity index (χ4n) is 4.43. The van der Waals surface area contributed by atoms with E-state index in [-0.39, 0.29) is 17.7 Å². The lowest BCUT2D eigenvalue weighted by molar-refractivity contribution is -0.116. The van der Waals surface area contributed by atoms with Crippen molar-refractivity contribution in [3.63, 3.8) is 0 Å². The predicted molar refractivity (Wildman–Crippen MR) is 118 cm³/mol. The van der Waals surface area contributed by atoms with Crippen LogP contribution in [0.4, 0.5) is 11.4 Å². The zero-order chi connectivity index (χ0) is 20.5. The lowest BCUT2D eigenvalue weighted by atomic mass is 9.78. The molecule has 5 rings (SSSR count). The number of hydrogen-bond donors (Lipinski definition) is 2. The monoisotopic (exact) mass is 397 g/mol. The number of nitrogens with one attached hydrogen (secondary N) is 2. The summed E-state index contributed by atoms with van der Waals surface area (Å²) in [6, 6.07) is 19.9. The first-order valence-corrected chi connectivity index (χ1v) is 10.2. The lowest BCUT2D eigenvalue weighted by Gasteiger charge is -2.30. The second-order valence-electron chi connectivity index (χ2n) is 7.73. The molecule has 2 aliphatic rings. The molecule has 2 N–H and O–H groups in total. The number of pyridine rings is 1. The molecule has 30 heavy (non-hydrogen) atoms. The maximum atomic E-state index is 13.5. The van der Waals surface area contributed by atoms with Gasteiger partial charge in [0.15, 0.2) is 5.78 Å². The number of fused-ring (bicyclic) bond motifs is 1. The molecule has 1 aliphatic carbocycles. The average molecular weight is 397 g/mol. The normalized spacial score (nSPS) is 20.4. The molecule has 0 spiro atoms. The van der Waals surface area contributed by atoms with E-state index in [2.05, 4.69) is 21.7 Å². The molecule has 2 aromatic carbocycles. The van der Waals surface area contributed by atoms with Crippen molar-refractivity contribution < 1.29 is 9.53 Å². The SMILES string of the molecule is COc1cccc([C@@H]2CC(=O)C3=C(C2)Nc2ccccc2N[C@H]3c2ccncc2)c1. The first-order chi connectivity index (χ1) is 14.7. The summed E-state index contributed by atoms with van der Waals surface area (Å²) in [6.07, 6.45) is 4.79. The Morgan fingerprint density at radius 3 is 2.53 bits per heavy atom. The molecule has 2 heterocycles. The van der Waals surface area contributed by atoms with Gasteiger partial charge < -0.3 is 15.4 Å². The molecule has 5 nitrogen and oxygen atoms in total. The molecule has 0 unspecified atom stereocenters. The van der Waals surface area contributed by atoms with E-state index in [0.29, 0.717) is 6.42 Å². The first kappa shape index (κ1) is 18.4. The number of allylic oxidation sites excluding steroid dienone is 1. The zero-order valence-electron chi connectivity index (χ0n) is 16.8. The second-order valence-corrected chi connectivity index (χ2v) is 7.73. The third-order valence-corrected chi connectivity index (χ3v) is 5.91. The number of benzene rings is 2. The Morgan fingerprint density at radius 2 is 1.73 bits per heavy atom. The van der Waals surface area contributed by atoms with Gasteiger partial charge in [-0.05, 0) is 59.9 Å². The molecular formula is C25H23N3O2. The molecule has 150 valence electrons. The molecule has 0 saturated heterocycles. The first-order valence-electron chi connectivity index (χ1n) is 10.2. The van der Waals surface area contributed by atoms with E-state index >= 15 is 0 Å². The quantitative estimate of drug-likeness (QED) is 0.646. The maximum absolute atomic E-state index is 13.5. The Balaban J connectivity index is 1.59. The van der Waals surface area contributed by atoms with Gasteiger partial charge in [-0.2, -0.15) is 0 Å². The Hall–Kier alpha value is -3.60. The number of anilines is 2. The van der Waals surface area contributed by atoms with Crippen LogP contribution in [-0.4, -0.2) is 17.9 Å². The van der Waals surface area contributed by atoms with Gasteiger partial charge >= 0.3 is 0 Å². The van der Waals surface area contributed by atoms with E-state index in [1.807, 2.05) is 54.6 Å². The Bertz CT molecular complexity index is 1120. The zero-order valence-corrected chi connectivity index (χ0v) is 16.8. The molecule has 0 saturated carbocycles. The van der Waals surface area contributed by atoms with Crippen LogP contribution in [0, 0.1) is 0 Å². The van der Waals surface area contributed by atoms with Crippen LogP contribution in [0.25, 0.3) is 0 Å². The molecule has 3 aromatic rings. The van der Waals surface area contributed by atoms with E-state index in [0.717, 1.165) is 45.9 Å². The van der Waals surface area contributed by atoms with E-state index in [9.17, 15) is 4.79 Å². The number of carbonyl (C=O) groups is 1. The molecule has 0 radical (unpaired) electrons. The van der Waals surface area contributed by atoms with Crippen molar-refractivity contribution in [1.82, 2.24) is 4.98 Å². The minimum absolute atomic E-state index is 0.113. The van der Waals surface area contributed by atoms with E-state index in [4.69, 9.17) is 4.74 Å². The fraction of sp³-hybridized carbons (Fsp3) is 0.200. The summed E-state index contributed by atoms with van der Waals surface area (Å²) in [5, 5.41) is 7.16. The van der Waals surface area contributed by atoms with Gasteiger partial charge in [0, 0.05) is 30.1 Å². The molecule has 2 atom stereocenters. The largest absolute Gasteiger partial charge is 0.497 e. The number of nitrogens with zero attached hydrogens (tertiary/aromatic N) is 1. The van der Waals surface area contributed by atoms with Gasteiger partial charge in [0.1, 0.15) is 5.75 Å². The van der Waals surface area contributed by atoms with Crippen LogP contribution in [0.1, 0.15) is 35.9 Å². The summed E-state index contributed by atoms with van der Waals surface area (Å²) in [4.78, 5) is 17.6. The van der Waals surface area contributed by atoms with Crippen molar-refractivity contribution in [3.05, 3.63) is 95.5 Å². The standard InChI is InChI=1S/C25H23N3O2/c1-30-19-6-4-5-17(13-19)18-14-22-24(23(29)15-18)25(16-9-11-26-12-10-16)28-21-8-3-2-7-20(21)27-22/h2-13,18,25,27-28H,14-15H2,1H3/t18-,25-/m0/s1. The topological polar surface area (TPSA) is 63.2 Å². The van der Waals surface area contributed by atoms with Gasteiger partial charge in [0.2, 0.25) is 0 Å². The molecule has 1 aromatic heterocycles. The van der Waals surface area contributed by atoms with Crippen LogP contribution in [-0.2, 0) is 4.79 Å². The molecule has 0 amide bonds. The number of ketones is 1. The summed E-state index contributed by atoms with van der Waals surface area (Å²) in [5.74, 6) is 1.09. The van der Waals surface area contributed by atoms with Crippen LogP contribution in [0.2, 0.25) is 0 Å². The molecule has 0 fully saturated rings.